The number of phenolic OH excluding ortho intramolecular Hbond substituents is 1. The molecule has 172 valence electrons. The molecule has 3 aliphatic rings. The number of nitrogens with zero attached hydrogens (tertiary/aromatic N) is 2. The number of anilines is 1. The number of carbonyl (C=O) groups is 1. The first kappa shape index (κ1) is 21.6. The Morgan fingerprint density at radius 2 is 1.71 bits per heavy atom. The van der Waals surface area contributed by atoms with Gasteiger partial charge in [0.05, 0.1) is 17.2 Å². The fourth-order valence-corrected chi connectivity index (χ4v) is 6.70. The van der Waals surface area contributed by atoms with E-state index in [9.17, 15) is 15.2 Å². The second-order valence-electron chi connectivity index (χ2n) is 9.66. The van der Waals surface area contributed by atoms with Crippen molar-refractivity contribution in [3.8, 4) is 11.8 Å². The average Bonchev–Trinajstić information content (AvgIpc) is 3.32. The van der Waals surface area contributed by atoms with E-state index in [4.69, 9.17) is 0 Å². The van der Waals surface area contributed by atoms with Crippen molar-refractivity contribution in [1.29, 1.82) is 5.26 Å². The minimum atomic E-state index is -0.860. The molecule has 1 unspecified atom stereocenters. The van der Waals surface area contributed by atoms with Gasteiger partial charge in [-0.3, -0.25) is 4.79 Å². The summed E-state index contributed by atoms with van der Waals surface area (Å²) in [5, 5.41) is 25.6. The molecule has 1 atom stereocenters. The molecule has 0 radical (unpaired) electrons. The summed E-state index contributed by atoms with van der Waals surface area (Å²) in [7, 11) is 0. The van der Waals surface area contributed by atoms with E-state index in [-0.39, 0.29) is 17.6 Å². The van der Waals surface area contributed by atoms with Gasteiger partial charge in [0.15, 0.2) is 5.13 Å². The second kappa shape index (κ2) is 7.79. The van der Waals surface area contributed by atoms with Crippen molar-refractivity contribution in [2.24, 2.45) is 5.41 Å². The first-order valence-corrected chi connectivity index (χ1v) is 12.5. The van der Waals surface area contributed by atoms with E-state index in [1.165, 1.54) is 11.3 Å². The molecule has 2 N–H and O–H groups in total. The third-order valence-electron chi connectivity index (χ3n) is 7.54. The summed E-state index contributed by atoms with van der Waals surface area (Å²) in [6.07, 6.45) is 1.04. The lowest BCUT2D eigenvalue weighted by molar-refractivity contribution is -0.127. The van der Waals surface area contributed by atoms with Crippen LogP contribution in [0.4, 0.5) is 5.13 Å². The van der Waals surface area contributed by atoms with Crippen molar-refractivity contribution in [2.45, 2.75) is 31.1 Å². The molecule has 35 heavy (non-hydrogen) atoms. The molecule has 3 aromatic carbocycles. The molecule has 1 heterocycles. The monoisotopic (exact) mass is 477 g/mol. The molecule has 3 aliphatic carbocycles. The summed E-state index contributed by atoms with van der Waals surface area (Å²) in [5.74, 6) is -0.0217. The maximum atomic E-state index is 13.9. The number of nitrogens with one attached hydrogen (secondary N) is 1. The average molecular weight is 478 g/mol. The fourth-order valence-electron chi connectivity index (χ4n) is 6.00. The molecule has 0 fully saturated rings. The van der Waals surface area contributed by atoms with Gasteiger partial charge in [-0.1, -0.05) is 60.7 Å². The van der Waals surface area contributed by atoms with E-state index >= 15 is 0 Å². The van der Waals surface area contributed by atoms with Crippen LogP contribution in [0, 0.1) is 16.7 Å². The van der Waals surface area contributed by atoms with Crippen LogP contribution in [0.15, 0.2) is 78.2 Å². The standard InChI is InChI=1S/C29H23N3O2S/c1-28(26(34)32-27-31-19(15-35-27)14-18-10-12-20(33)13-11-18)16-29(17-30)23-8-4-2-6-21(23)25(28)22-7-3-5-9-24(22)29/h2-13,15,25,33H,14,16H2,1H3,(H,31,32,34). The summed E-state index contributed by atoms with van der Waals surface area (Å²) in [6.45, 7) is 1.98. The summed E-state index contributed by atoms with van der Waals surface area (Å²) < 4.78 is 0. The highest BCUT2D eigenvalue weighted by Crippen LogP contribution is 2.63. The lowest BCUT2D eigenvalue weighted by Gasteiger charge is -2.54. The number of fused-ring (bicyclic) bond motifs is 1. The molecular weight excluding hydrogens is 454 g/mol. The van der Waals surface area contributed by atoms with Gasteiger partial charge in [0.2, 0.25) is 5.91 Å². The van der Waals surface area contributed by atoms with Gasteiger partial charge in [0.25, 0.3) is 0 Å². The Balaban J connectivity index is 1.34. The number of thiazole rings is 1. The maximum Gasteiger partial charge on any atom is 0.233 e. The highest BCUT2D eigenvalue weighted by molar-refractivity contribution is 7.13. The Kier molecular flexibility index (Phi) is 4.80. The van der Waals surface area contributed by atoms with Crippen LogP contribution < -0.4 is 5.32 Å². The summed E-state index contributed by atoms with van der Waals surface area (Å²) >= 11 is 1.40. The van der Waals surface area contributed by atoms with E-state index in [1.54, 1.807) is 12.1 Å². The van der Waals surface area contributed by atoms with Gasteiger partial charge < -0.3 is 10.4 Å². The molecule has 1 aromatic heterocycles. The molecule has 6 heteroatoms. The zero-order valence-electron chi connectivity index (χ0n) is 19.2. The van der Waals surface area contributed by atoms with Gasteiger partial charge in [-0.25, -0.2) is 4.98 Å². The summed E-state index contributed by atoms with van der Waals surface area (Å²) in [4.78, 5) is 18.5. The maximum absolute atomic E-state index is 13.9. The predicted octanol–water partition coefficient (Wildman–Crippen LogP) is 5.74. The first-order chi connectivity index (χ1) is 16.9. The van der Waals surface area contributed by atoms with Gasteiger partial charge in [-0.05, 0) is 53.3 Å². The highest BCUT2D eigenvalue weighted by Gasteiger charge is 2.61. The van der Waals surface area contributed by atoms with Gasteiger partial charge in [0.1, 0.15) is 11.2 Å². The van der Waals surface area contributed by atoms with E-state index in [0.29, 0.717) is 18.0 Å². The number of rotatable bonds is 4. The Morgan fingerprint density at radius 3 is 2.34 bits per heavy atom. The number of aromatic nitrogens is 1. The minimum absolute atomic E-state index is 0.114. The smallest absolute Gasteiger partial charge is 0.233 e. The van der Waals surface area contributed by atoms with Crippen LogP contribution in [0.5, 0.6) is 5.75 Å². The zero-order valence-corrected chi connectivity index (χ0v) is 20.0. The van der Waals surface area contributed by atoms with Gasteiger partial charge in [-0.15, -0.1) is 11.3 Å². The molecule has 0 saturated carbocycles. The number of phenols is 1. The van der Waals surface area contributed by atoms with Crippen molar-refractivity contribution in [3.63, 3.8) is 0 Å². The quantitative estimate of drug-likeness (QED) is 0.392. The van der Waals surface area contributed by atoms with E-state index in [1.807, 2.05) is 60.8 Å². The Labute approximate surface area is 207 Å². The molecular formula is C29H23N3O2S. The van der Waals surface area contributed by atoms with Crippen molar-refractivity contribution in [1.82, 2.24) is 4.98 Å². The largest absolute Gasteiger partial charge is 0.508 e. The number of hydrogen-bond acceptors (Lipinski definition) is 5. The normalized spacial score (nSPS) is 23.7. The zero-order chi connectivity index (χ0) is 24.2. The highest BCUT2D eigenvalue weighted by atomic mass is 32.1. The van der Waals surface area contributed by atoms with Gasteiger partial charge in [0, 0.05) is 17.7 Å². The minimum Gasteiger partial charge on any atom is -0.508 e. The van der Waals surface area contributed by atoms with E-state index in [0.717, 1.165) is 33.5 Å². The number of aromatic hydroxyl groups is 1. The molecule has 7 rings (SSSR count). The van der Waals surface area contributed by atoms with Gasteiger partial charge in [-0.2, -0.15) is 5.26 Å². The number of amides is 1. The molecule has 0 saturated heterocycles. The molecule has 2 bridgehead atoms. The van der Waals surface area contributed by atoms with Crippen molar-refractivity contribution >= 4 is 22.4 Å². The van der Waals surface area contributed by atoms with E-state index in [2.05, 4.69) is 28.5 Å². The molecule has 4 aromatic rings. The number of nitriles is 1. The van der Waals surface area contributed by atoms with Crippen LogP contribution >= 0.6 is 11.3 Å². The number of carbonyl (C=O) groups excluding carboxylic acids is 1. The van der Waals surface area contributed by atoms with Crippen LogP contribution in [0.2, 0.25) is 0 Å². The molecule has 0 spiro atoms. The SMILES string of the molecule is CC1(C(=O)Nc2nc(Cc3ccc(O)cc3)cs2)CC2(C#N)c3ccccc3C1c1ccccc12. The Morgan fingerprint density at radius 1 is 1.09 bits per heavy atom. The van der Waals surface area contributed by atoms with Gasteiger partial charge >= 0.3 is 0 Å². The summed E-state index contributed by atoms with van der Waals surface area (Å²) in [5.41, 5.74) is 4.38. The third kappa shape index (κ3) is 3.19. The topological polar surface area (TPSA) is 86.0 Å². The number of benzene rings is 3. The van der Waals surface area contributed by atoms with Crippen molar-refractivity contribution in [3.05, 3.63) is 112 Å². The van der Waals surface area contributed by atoms with Crippen LogP contribution in [-0.2, 0) is 16.6 Å². The lowest BCUT2D eigenvalue weighted by Crippen LogP contribution is -2.53. The van der Waals surface area contributed by atoms with E-state index < -0.39 is 10.8 Å². The number of hydrogen-bond donors (Lipinski definition) is 2. The first-order valence-electron chi connectivity index (χ1n) is 11.6. The van der Waals surface area contributed by atoms with Crippen molar-refractivity contribution < 1.29 is 9.90 Å². The second-order valence-corrected chi connectivity index (χ2v) is 10.5. The van der Waals surface area contributed by atoms with Crippen molar-refractivity contribution in [2.75, 3.05) is 5.32 Å². The predicted molar refractivity (Wildman–Crippen MR) is 136 cm³/mol. The lowest BCUT2D eigenvalue weighted by atomic mass is 9.47. The van der Waals surface area contributed by atoms with Crippen LogP contribution in [0.3, 0.4) is 0 Å². The molecule has 1 amide bonds. The molecule has 5 nitrogen and oxygen atoms in total. The van der Waals surface area contributed by atoms with Crippen LogP contribution in [0.25, 0.3) is 0 Å². The van der Waals surface area contributed by atoms with Crippen LogP contribution in [0.1, 0.15) is 52.8 Å². The Bertz CT molecular complexity index is 1450. The third-order valence-corrected chi connectivity index (χ3v) is 8.34. The fraction of sp³-hybridized carbons (Fsp3) is 0.207. The van der Waals surface area contributed by atoms with Crippen LogP contribution in [-0.4, -0.2) is 16.0 Å². The Hall–Kier alpha value is -3.95. The summed E-state index contributed by atoms with van der Waals surface area (Å²) in [6, 6.07) is 25.8. The molecule has 0 aliphatic heterocycles.